The highest BCUT2D eigenvalue weighted by molar-refractivity contribution is 6.38. The van der Waals surface area contributed by atoms with E-state index in [0.29, 0.717) is 21.8 Å². The van der Waals surface area contributed by atoms with E-state index in [0.717, 1.165) is 0 Å². The monoisotopic (exact) mass is 465 g/mol. The lowest BCUT2D eigenvalue weighted by molar-refractivity contribution is -0.122. The zero-order valence-corrected chi connectivity index (χ0v) is 18.4. The number of pyridine rings is 1. The minimum absolute atomic E-state index is 0.163. The molecule has 2 amide bonds. The number of likely N-dealkylation sites (N-methyl/N-ethyl adjacent to an activating group) is 1. The van der Waals surface area contributed by atoms with Crippen LogP contribution in [0.1, 0.15) is 28.5 Å². The average molecular weight is 466 g/mol. The first-order valence-corrected chi connectivity index (χ1v) is 9.97. The van der Waals surface area contributed by atoms with Gasteiger partial charge >= 0.3 is 5.97 Å². The zero-order chi connectivity index (χ0) is 23.0. The maximum atomic E-state index is 12.4. The molecule has 0 atom stereocenters. The number of hydrogen-bond donors (Lipinski definition) is 2. The molecule has 2 aromatic rings. The third-order valence-corrected chi connectivity index (χ3v) is 4.95. The smallest absolute Gasteiger partial charge is 0.356 e. The minimum atomic E-state index is -0.523. The summed E-state index contributed by atoms with van der Waals surface area (Å²) in [5.74, 6) is -1.44. The van der Waals surface area contributed by atoms with E-state index in [9.17, 15) is 19.5 Å². The zero-order valence-electron chi connectivity index (χ0n) is 16.9. The van der Waals surface area contributed by atoms with Crippen LogP contribution in [0, 0.1) is 0 Å². The molecule has 1 heterocycles. The molecule has 0 radical (unpaired) electrons. The number of nitrogens with one attached hydrogen (secondary N) is 1. The van der Waals surface area contributed by atoms with E-state index < -0.39 is 17.8 Å². The summed E-state index contributed by atoms with van der Waals surface area (Å²) in [4.78, 5) is 41.2. The number of carbonyl (C=O) groups is 3. The van der Waals surface area contributed by atoms with Crippen molar-refractivity contribution in [3.05, 3.63) is 63.4 Å². The lowest BCUT2D eigenvalue weighted by Gasteiger charge is -2.20. The van der Waals surface area contributed by atoms with Crippen LogP contribution < -0.4 is 10.2 Å². The summed E-state index contributed by atoms with van der Waals surface area (Å²) in [6, 6.07) is 6.19. The quantitative estimate of drug-likeness (QED) is 0.458. The minimum Gasteiger partial charge on any atom is -0.461 e. The molecule has 2 N–H and O–H groups in total. The number of esters is 1. The topological polar surface area (TPSA) is 109 Å². The molecule has 0 spiro atoms. The third-order valence-electron chi connectivity index (χ3n) is 4.17. The van der Waals surface area contributed by atoms with Gasteiger partial charge in [-0.25, -0.2) is 9.78 Å². The van der Waals surface area contributed by atoms with E-state index in [1.54, 1.807) is 19.1 Å². The number of halogens is 2. The Morgan fingerprint density at radius 2 is 1.97 bits per heavy atom. The van der Waals surface area contributed by atoms with E-state index in [1.807, 2.05) is 0 Å². The van der Waals surface area contributed by atoms with Crippen molar-refractivity contribution in [2.75, 3.05) is 25.1 Å². The first-order valence-electron chi connectivity index (χ1n) is 9.21. The number of rotatable bonds is 8. The summed E-state index contributed by atoms with van der Waals surface area (Å²) in [6.45, 7) is 1.31. The van der Waals surface area contributed by atoms with E-state index in [1.165, 1.54) is 42.4 Å². The number of nitrogens with zero attached hydrogens (tertiary/aromatic N) is 2. The van der Waals surface area contributed by atoms with Crippen LogP contribution in [0.4, 0.5) is 5.69 Å². The van der Waals surface area contributed by atoms with Crippen LogP contribution in [0.5, 0.6) is 0 Å². The van der Waals surface area contributed by atoms with Crippen LogP contribution >= 0.6 is 23.2 Å². The van der Waals surface area contributed by atoms with Crippen molar-refractivity contribution in [1.82, 2.24) is 10.3 Å². The highest BCUT2D eigenvalue weighted by Crippen LogP contribution is 2.33. The van der Waals surface area contributed by atoms with Crippen molar-refractivity contribution in [3.8, 4) is 0 Å². The number of hydrogen-bond acceptors (Lipinski definition) is 6. The van der Waals surface area contributed by atoms with E-state index in [-0.39, 0.29) is 30.5 Å². The second-order valence-corrected chi connectivity index (χ2v) is 7.00. The number of benzene rings is 1. The number of amides is 2. The average Bonchev–Trinajstić information content (AvgIpc) is 2.76. The highest BCUT2D eigenvalue weighted by atomic mass is 35.5. The maximum absolute atomic E-state index is 12.4. The Hall–Kier alpha value is -2.94. The molecular formula is C21H21Cl2N3O5. The van der Waals surface area contributed by atoms with Crippen LogP contribution in [-0.2, 0) is 20.9 Å². The van der Waals surface area contributed by atoms with Gasteiger partial charge in [-0.05, 0) is 36.8 Å². The first-order chi connectivity index (χ1) is 14.8. The van der Waals surface area contributed by atoms with Crippen molar-refractivity contribution < 1.29 is 24.2 Å². The fraction of sp³-hybridized carbons (Fsp3) is 0.238. The van der Waals surface area contributed by atoms with Gasteiger partial charge in [0.1, 0.15) is 5.69 Å². The van der Waals surface area contributed by atoms with Gasteiger partial charge in [0.2, 0.25) is 11.8 Å². The van der Waals surface area contributed by atoms with Crippen molar-refractivity contribution in [1.29, 1.82) is 0 Å². The lowest BCUT2D eigenvalue weighted by Crippen LogP contribution is -2.37. The van der Waals surface area contributed by atoms with Crippen molar-refractivity contribution in [2.24, 2.45) is 0 Å². The first kappa shape index (κ1) is 24.3. The van der Waals surface area contributed by atoms with Crippen LogP contribution in [0.25, 0.3) is 6.08 Å². The molecule has 8 nitrogen and oxygen atoms in total. The van der Waals surface area contributed by atoms with Gasteiger partial charge in [-0.15, -0.1) is 0 Å². The second-order valence-electron chi connectivity index (χ2n) is 6.22. The standard InChI is InChI=1S/C21H21Cl2N3O5/c1-3-31-21(30)16-7-4-13(10-24-16)5-9-18(28)25-11-19(29)26(2)17-8-6-15(22)14(12-27)20(17)23/h4-10,27H,3,11-12H2,1-2H3,(H,25,28). The van der Waals surface area contributed by atoms with Gasteiger partial charge < -0.3 is 20.1 Å². The molecule has 164 valence electrons. The number of aliphatic hydroxyl groups is 1. The Morgan fingerprint density at radius 1 is 1.23 bits per heavy atom. The summed E-state index contributed by atoms with van der Waals surface area (Å²) < 4.78 is 4.85. The van der Waals surface area contributed by atoms with Gasteiger partial charge in [-0.1, -0.05) is 29.3 Å². The third kappa shape index (κ3) is 6.52. The van der Waals surface area contributed by atoms with Crippen LogP contribution in [0.2, 0.25) is 10.0 Å². The van der Waals surface area contributed by atoms with E-state index >= 15 is 0 Å². The lowest BCUT2D eigenvalue weighted by atomic mass is 10.2. The Balaban J connectivity index is 1.93. The molecule has 0 unspecified atom stereocenters. The summed E-state index contributed by atoms with van der Waals surface area (Å²) in [5, 5.41) is 12.3. The fourth-order valence-corrected chi connectivity index (χ4v) is 3.08. The molecule has 0 saturated carbocycles. The molecule has 0 fully saturated rings. The van der Waals surface area contributed by atoms with Crippen LogP contribution in [0.15, 0.2) is 36.5 Å². The second kappa shape index (κ2) is 11.5. The largest absolute Gasteiger partial charge is 0.461 e. The van der Waals surface area contributed by atoms with E-state index in [4.69, 9.17) is 27.9 Å². The summed E-state index contributed by atoms with van der Waals surface area (Å²) in [7, 11) is 1.50. The molecular weight excluding hydrogens is 445 g/mol. The Labute approximate surface area is 189 Å². The molecule has 0 aliphatic heterocycles. The summed E-state index contributed by atoms with van der Waals surface area (Å²) >= 11 is 12.2. The summed E-state index contributed by atoms with van der Waals surface area (Å²) in [6.07, 6.45) is 4.17. The number of anilines is 1. The highest BCUT2D eigenvalue weighted by Gasteiger charge is 2.18. The molecule has 1 aromatic heterocycles. The molecule has 0 aliphatic carbocycles. The molecule has 2 rings (SSSR count). The van der Waals surface area contributed by atoms with Gasteiger partial charge in [0.25, 0.3) is 0 Å². The molecule has 0 bridgehead atoms. The van der Waals surface area contributed by atoms with Crippen molar-refractivity contribution in [3.63, 3.8) is 0 Å². The number of ether oxygens (including phenoxy) is 1. The van der Waals surface area contributed by atoms with Gasteiger partial charge in [0.05, 0.1) is 30.5 Å². The maximum Gasteiger partial charge on any atom is 0.356 e. The Bertz CT molecular complexity index is 993. The number of carbonyl (C=O) groups excluding carboxylic acids is 3. The molecule has 0 aliphatic rings. The van der Waals surface area contributed by atoms with Gasteiger partial charge in [0.15, 0.2) is 0 Å². The summed E-state index contributed by atoms with van der Waals surface area (Å²) in [5.41, 5.74) is 1.44. The Morgan fingerprint density at radius 3 is 2.58 bits per heavy atom. The van der Waals surface area contributed by atoms with Crippen molar-refractivity contribution in [2.45, 2.75) is 13.5 Å². The molecule has 1 aromatic carbocycles. The number of aromatic nitrogens is 1. The normalized spacial score (nSPS) is 10.7. The number of aliphatic hydroxyl groups excluding tert-OH is 1. The molecule has 10 heteroatoms. The SMILES string of the molecule is CCOC(=O)c1ccc(C=CC(=O)NCC(=O)N(C)c2ccc(Cl)c(CO)c2Cl)cn1. The molecule has 31 heavy (non-hydrogen) atoms. The van der Waals surface area contributed by atoms with Gasteiger partial charge in [-0.3, -0.25) is 9.59 Å². The van der Waals surface area contributed by atoms with Crippen LogP contribution in [-0.4, -0.2) is 48.1 Å². The Kier molecular flexibility index (Phi) is 8.99. The van der Waals surface area contributed by atoms with Crippen LogP contribution in [0.3, 0.4) is 0 Å². The molecule has 0 saturated heterocycles. The van der Waals surface area contributed by atoms with Gasteiger partial charge in [0, 0.05) is 29.9 Å². The predicted octanol–water partition coefficient (Wildman–Crippen LogP) is 2.85. The van der Waals surface area contributed by atoms with Gasteiger partial charge in [-0.2, -0.15) is 0 Å². The van der Waals surface area contributed by atoms with E-state index in [2.05, 4.69) is 10.3 Å². The van der Waals surface area contributed by atoms with Crippen molar-refractivity contribution >= 4 is 52.7 Å². The fourth-order valence-electron chi connectivity index (χ4n) is 2.47. The predicted molar refractivity (Wildman–Crippen MR) is 118 cm³/mol.